The Labute approximate surface area is 164 Å². The van der Waals surface area contributed by atoms with E-state index < -0.39 is 10.0 Å². The minimum Gasteiger partial charge on any atom is -0.497 e. The number of rotatable bonds is 5. The molecule has 1 amide bonds. The molecule has 0 saturated carbocycles. The number of carbonyl (C=O) groups is 1. The van der Waals surface area contributed by atoms with Crippen molar-refractivity contribution in [1.29, 1.82) is 0 Å². The van der Waals surface area contributed by atoms with Crippen molar-refractivity contribution in [3.05, 3.63) is 60.4 Å². The number of ether oxygens (including phenoxy) is 1. The Morgan fingerprint density at radius 1 is 1.11 bits per heavy atom. The van der Waals surface area contributed by atoms with Crippen molar-refractivity contribution < 1.29 is 17.9 Å². The summed E-state index contributed by atoms with van der Waals surface area (Å²) in [4.78, 5) is 18.6. The SMILES string of the molecule is C=C(N)c1ccc(C(=O)N2CCN(S(=O)(=O)c3ccc(OC)cc3)CC2)cn1. The highest BCUT2D eigenvalue weighted by atomic mass is 32.2. The van der Waals surface area contributed by atoms with Crippen LogP contribution in [0.5, 0.6) is 5.75 Å². The molecule has 9 heteroatoms. The van der Waals surface area contributed by atoms with Gasteiger partial charge in [0.05, 0.1) is 29.0 Å². The van der Waals surface area contributed by atoms with E-state index in [2.05, 4.69) is 11.6 Å². The monoisotopic (exact) mass is 402 g/mol. The number of hydrogen-bond acceptors (Lipinski definition) is 6. The highest BCUT2D eigenvalue weighted by molar-refractivity contribution is 7.89. The number of carbonyl (C=O) groups excluding carboxylic acids is 1. The van der Waals surface area contributed by atoms with Gasteiger partial charge in [-0.25, -0.2) is 8.42 Å². The Hall–Kier alpha value is -2.91. The minimum absolute atomic E-state index is 0.192. The smallest absolute Gasteiger partial charge is 0.255 e. The maximum atomic E-state index is 12.8. The Kier molecular flexibility index (Phi) is 5.66. The molecule has 2 aromatic rings. The van der Waals surface area contributed by atoms with E-state index in [1.54, 1.807) is 29.2 Å². The number of nitrogens with two attached hydrogens (primary N) is 1. The van der Waals surface area contributed by atoms with E-state index in [1.807, 2.05) is 0 Å². The Morgan fingerprint density at radius 2 is 1.75 bits per heavy atom. The van der Waals surface area contributed by atoms with E-state index in [9.17, 15) is 13.2 Å². The van der Waals surface area contributed by atoms with Gasteiger partial charge in [-0.15, -0.1) is 0 Å². The maximum absolute atomic E-state index is 12.8. The number of sulfonamides is 1. The molecule has 0 unspecified atom stereocenters. The topological polar surface area (TPSA) is 106 Å². The zero-order valence-electron chi connectivity index (χ0n) is 15.5. The largest absolute Gasteiger partial charge is 0.497 e. The molecule has 1 aromatic heterocycles. The highest BCUT2D eigenvalue weighted by Crippen LogP contribution is 2.21. The summed E-state index contributed by atoms with van der Waals surface area (Å²) >= 11 is 0. The molecule has 1 aliphatic rings. The third kappa shape index (κ3) is 4.00. The lowest BCUT2D eigenvalue weighted by atomic mass is 10.2. The van der Waals surface area contributed by atoms with Crippen LogP contribution in [-0.4, -0.2) is 61.8 Å². The van der Waals surface area contributed by atoms with Gasteiger partial charge in [-0.2, -0.15) is 4.31 Å². The maximum Gasteiger partial charge on any atom is 0.255 e. The molecule has 0 atom stereocenters. The second kappa shape index (κ2) is 7.99. The number of amides is 1. The zero-order chi connectivity index (χ0) is 20.3. The van der Waals surface area contributed by atoms with Crippen LogP contribution >= 0.6 is 0 Å². The van der Waals surface area contributed by atoms with Crippen LogP contribution in [-0.2, 0) is 10.0 Å². The molecule has 1 saturated heterocycles. The number of piperazine rings is 1. The van der Waals surface area contributed by atoms with Crippen molar-refractivity contribution >= 4 is 21.6 Å². The molecular formula is C19H22N4O4S. The molecule has 148 valence electrons. The molecule has 1 aromatic carbocycles. The fourth-order valence-corrected chi connectivity index (χ4v) is 4.34. The fraction of sp³-hybridized carbons (Fsp3) is 0.263. The van der Waals surface area contributed by atoms with Crippen molar-refractivity contribution in [2.24, 2.45) is 5.73 Å². The zero-order valence-corrected chi connectivity index (χ0v) is 16.4. The summed E-state index contributed by atoms with van der Waals surface area (Å²) in [6.45, 7) is 4.67. The number of hydrogen-bond donors (Lipinski definition) is 1. The van der Waals surface area contributed by atoms with Crippen LogP contribution in [0, 0.1) is 0 Å². The molecule has 3 rings (SSSR count). The molecule has 0 spiro atoms. The quantitative estimate of drug-likeness (QED) is 0.805. The third-order valence-corrected chi connectivity index (χ3v) is 6.48. The number of aromatic nitrogens is 1. The Balaban J connectivity index is 1.66. The van der Waals surface area contributed by atoms with E-state index in [4.69, 9.17) is 10.5 Å². The average molecular weight is 402 g/mol. The summed E-state index contributed by atoms with van der Waals surface area (Å²) in [7, 11) is -2.09. The Bertz CT molecular complexity index is 964. The minimum atomic E-state index is -3.61. The fourth-order valence-electron chi connectivity index (χ4n) is 2.92. The van der Waals surface area contributed by atoms with Gasteiger partial charge in [0, 0.05) is 32.4 Å². The molecule has 2 heterocycles. The van der Waals surface area contributed by atoms with Crippen LogP contribution in [0.25, 0.3) is 5.70 Å². The molecule has 0 aliphatic carbocycles. The molecule has 0 radical (unpaired) electrons. The lowest BCUT2D eigenvalue weighted by molar-refractivity contribution is 0.0697. The molecule has 8 nitrogen and oxygen atoms in total. The lowest BCUT2D eigenvalue weighted by Gasteiger charge is -2.34. The second-order valence-electron chi connectivity index (χ2n) is 6.33. The van der Waals surface area contributed by atoms with Crippen LogP contribution in [0.2, 0.25) is 0 Å². The van der Waals surface area contributed by atoms with Gasteiger partial charge >= 0.3 is 0 Å². The van der Waals surface area contributed by atoms with Crippen molar-refractivity contribution in [1.82, 2.24) is 14.2 Å². The predicted octanol–water partition coefficient (Wildman–Crippen LogP) is 1.17. The number of benzene rings is 1. The number of pyridine rings is 1. The third-order valence-electron chi connectivity index (χ3n) is 4.56. The first-order valence-corrected chi connectivity index (χ1v) is 10.1. The van der Waals surface area contributed by atoms with Crippen molar-refractivity contribution in [3.8, 4) is 5.75 Å². The van der Waals surface area contributed by atoms with Crippen LogP contribution in [0.4, 0.5) is 0 Å². The van der Waals surface area contributed by atoms with Gasteiger partial charge in [-0.3, -0.25) is 9.78 Å². The van der Waals surface area contributed by atoms with Gasteiger partial charge in [0.25, 0.3) is 5.91 Å². The first-order valence-electron chi connectivity index (χ1n) is 8.67. The van der Waals surface area contributed by atoms with E-state index in [-0.39, 0.29) is 23.9 Å². The van der Waals surface area contributed by atoms with Crippen LogP contribution in [0.3, 0.4) is 0 Å². The molecular weight excluding hydrogens is 380 g/mol. The van der Waals surface area contributed by atoms with E-state index in [1.165, 1.54) is 29.7 Å². The summed E-state index contributed by atoms with van der Waals surface area (Å²) in [6, 6.07) is 9.54. The summed E-state index contributed by atoms with van der Waals surface area (Å²) in [6.07, 6.45) is 1.45. The van der Waals surface area contributed by atoms with E-state index in [0.29, 0.717) is 35.8 Å². The molecule has 28 heavy (non-hydrogen) atoms. The number of methoxy groups -OCH3 is 1. The first kappa shape index (κ1) is 19.8. The normalized spacial score (nSPS) is 15.2. The van der Waals surface area contributed by atoms with Gasteiger partial charge < -0.3 is 15.4 Å². The first-order chi connectivity index (χ1) is 13.3. The van der Waals surface area contributed by atoms with Gasteiger partial charge in [0.15, 0.2) is 0 Å². The molecule has 2 N–H and O–H groups in total. The van der Waals surface area contributed by atoms with Gasteiger partial charge in [0.2, 0.25) is 10.0 Å². The van der Waals surface area contributed by atoms with Crippen molar-refractivity contribution in [2.45, 2.75) is 4.90 Å². The van der Waals surface area contributed by atoms with Gasteiger partial charge in [-0.05, 0) is 36.4 Å². The van der Waals surface area contributed by atoms with Crippen LogP contribution < -0.4 is 10.5 Å². The summed E-state index contributed by atoms with van der Waals surface area (Å²) in [5, 5.41) is 0. The van der Waals surface area contributed by atoms with Gasteiger partial charge in [0.1, 0.15) is 5.75 Å². The van der Waals surface area contributed by atoms with E-state index in [0.717, 1.165) is 0 Å². The van der Waals surface area contributed by atoms with Crippen molar-refractivity contribution in [2.75, 3.05) is 33.3 Å². The van der Waals surface area contributed by atoms with E-state index >= 15 is 0 Å². The lowest BCUT2D eigenvalue weighted by Crippen LogP contribution is -2.50. The second-order valence-corrected chi connectivity index (χ2v) is 8.27. The average Bonchev–Trinajstić information content (AvgIpc) is 2.73. The molecule has 0 bridgehead atoms. The van der Waals surface area contributed by atoms with Crippen LogP contribution in [0.15, 0.2) is 54.1 Å². The molecule has 1 aliphatic heterocycles. The van der Waals surface area contributed by atoms with Gasteiger partial charge in [-0.1, -0.05) is 6.58 Å². The Morgan fingerprint density at radius 3 is 2.25 bits per heavy atom. The predicted molar refractivity (Wildman–Crippen MR) is 105 cm³/mol. The highest BCUT2D eigenvalue weighted by Gasteiger charge is 2.30. The summed E-state index contributed by atoms with van der Waals surface area (Å²) < 4.78 is 32.0. The standard InChI is InChI=1S/C19H22N4O4S/c1-14(20)18-8-3-15(13-21-18)19(24)22-9-11-23(12-10-22)28(25,26)17-6-4-16(27-2)5-7-17/h3-8,13H,1,9-12,20H2,2H3. The van der Waals surface area contributed by atoms with Crippen molar-refractivity contribution in [3.63, 3.8) is 0 Å². The van der Waals surface area contributed by atoms with Crippen LogP contribution in [0.1, 0.15) is 16.1 Å². The number of nitrogens with zero attached hydrogens (tertiary/aromatic N) is 3. The summed E-state index contributed by atoms with van der Waals surface area (Å²) in [5.74, 6) is 0.399. The molecule has 1 fully saturated rings. The summed E-state index contributed by atoms with van der Waals surface area (Å²) in [5.41, 5.74) is 6.86.